The minimum Gasteiger partial charge on any atom is -0.507 e. The van der Waals surface area contributed by atoms with Crippen LogP contribution in [0.4, 0.5) is 17.2 Å². The van der Waals surface area contributed by atoms with Gasteiger partial charge in [-0.1, -0.05) is 69.7 Å². The van der Waals surface area contributed by atoms with Gasteiger partial charge in [0.1, 0.15) is 30.2 Å². The first kappa shape index (κ1) is 54.0. The van der Waals surface area contributed by atoms with Gasteiger partial charge in [0.25, 0.3) is 0 Å². The monoisotopic (exact) mass is 1060 g/mol. The Hall–Kier alpha value is -6.83. The number of nitrogens with two attached hydrogens (primary N) is 1. The molecular formula is C57H73N11O7S. The molecule has 2 aromatic heterocycles. The highest BCUT2D eigenvalue weighted by Crippen LogP contribution is 2.40. The van der Waals surface area contributed by atoms with E-state index < -0.39 is 29.5 Å². The lowest BCUT2D eigenvalue weighted by Crippen LogP contribution is -2.57. The molecule has 6 N–H and O–H groups in total. The average Bonchev–Trinajstić information content (AvgIpc) is 4.10. The number of aliphatic hydroxyl groups excluding tert-OH is 1. The molecule has 0 aliphatic carbocycles. The van der Waals surface area contributed by atoms with Gasteiger partial charge in [0.05, 0.1) is 33.6 Å². The molecule has 404 valence electrons. The molecule has 3 aromatic carbocycles. The zero-order valence-corrected chi connectivity index (χ0v) is 45.0. The van der Waals surface area contributed by atoms with Crippen molar-refractivity contribution in [1.82, 2.24) is 40.5 Å². The number of amides is 4. The molecule has 5 aromatic rings. The van der Waals surface area contributed by atoms with Crippen LogP contribution in [0.3, 0.4) is 0 Å². The standard InChI is InChI=1S/C57H73N11O7S/c1-37-52(76-36-60-37)39-19-17-38(18-20-39)32-59-55(73)48-30-43(69)35-67(48)56(74)53(57(2,3)4)61-50(71)15-6-5-7-16-51(72)65-25-23-64(24-26-65)27-28-75-44-12-10-11-40(29-44)68-41-21-22-42(68)34-66(33-41)47-31-46(62-63-54(47)58)45-13-8-9-14-49(45)70/h8-14,17-20,29,31,36,41-43,48,53,69-70H,5-7,15-16,21-28,30,32-35H2,1-4H3,(H2,58,63)(H,59,73)(H,61,71)/t41?,42?,43-,48+,53?/m1/s1. The van der Waals surface area contributed by atoms with Crippen molar-refractivity contribution in [1.29, 1.82) is 0 Å². The molecule has 19 heteroatoms. The lowest BCUT2D eigenvalue weighted by atomic mass is 9.85. The number of rotatable bonds is 19. The largest absolute Gasteiger partial charge is 0.507 e. The van der Waals surface area contributed by atoms with Crippen molar-refractivity contribution in [3.05, 3.63) is 95.6 Å². The van der Waals surface area contributed by atoms with Crippen molar-refractivity contribution in [2.24, 2.45) is 5.41 Å². The Morgan fingerprint density at radius 1 is 0.882 bits per heavy atom. The summed E-state index contributed by atoms with van der Waals surface area (Å²) in [6.07, 6.45) is 3.94. The number of carbonyl (C=O) groups excluding carboxylic acids is 4. The number of nitrogen functional groups attached to an aromatic ring is 1. The molecule has 9 rings (SSSR count). The number of thiazole rings is 1. The van der Waals surface area contributed by atoms with Gasteiger partial charge < -0.3 is 50.9 Å². The summed E-state index contributed by atoms with van der Waals surface area (Å²) in [7, 11) is 0. The number of para-hydroxylation sites is 1. The topological polar surface area (TPSA) is 223 Å². The number of unbranched alkanes of at least 4 members (excludes halogenated alkanes) is 2. The molecule has 4 aliphatic rings. The highest BCUT2D eigenvalue weighted by molar-refractivity contribution is 7.13. The van der Waals surface area contributed by atoms with E-state index >= 15 is 0 Å². The molecule has 4 fully saturated rings. The van der Waals surface area contributed by atoms with E-state index in [0.29, 0.717) is 74.5 Å². The van der Waals surface area contributed by atoms with Gasteiger partial charge in [-0.3, -0.25) is 24.1 Å². The Balaban J connectivity index is 0.662. The molecule has 76 heavy (non-hydrogen) atoms. The number of likely N-dealkylation sites (tertiary alicyclic amines) is 1. The first-order valence-corrected chi connectivity index (χ1v) is 27.7. The Bertz CT molecular complexity index is 2820. The van der Waals surface area contributed by atoms with Crippen LogP contribution in [0.1, 0.15) is 83.4 Å². The minimum atomic E-state index is -0.901. The molecule has 0 saturated carbocycles. The SMILES string of the molecule is Cc1ncsc1-c1ccc(CNC(=O)[C@@H]2C[C@@H](O)CN2C(=O)C(NC(=O)CCCCCC(=O)N2CCN(CCOc3cccc(N4C5CCC4CN(c4cc(-c6ccccc6O)nnc4N)C5)c3)CC2)C(C)(C)C)cc1. The number of aromatic nitrogens is 3. The highest BCUT2D eigenvalue weighted by atomic mass is 32.1. The second kappa shape index (κ2) is 24.0. The van der Waals surface area contributed by atoms with E-state index in [1.807, 2.05) is 86.6 Å². The molecule has 5 atom stereocenters. The molecule has 4 aliphatic heterocycles. The van der Waals surface area contributed by atoms with E-state index in [1.54, 1.807) is 23.5 Å². The smallest absolute Gasteiger partial charge is 0.246 e. The summed E-state index contributed by atoms with van der Waals surface area (Å²) in [5.74, 6) is 0.474. The number of aryl methyl sites for hydroxylation is 1. The number of piperazine rings is 2. The normalized spacial score (nSPS) is 20.2. The van der Waals surface area contributed by atoms with Gasteiger partial charge in [-0.25, -0.2) is 4.98 Å². The predicted molar refractivity (Wildman–Crippen MR) is 295 cm³/mol. The van der Waals surface area contributed by atoms with Gasteiger partial charge >= 0.3 is 0 Å². The Kier molecular flexibility index (Phi) is 17.1. The second-order valence-electron chi connectivity index (χ2n) is 21.8. The minimum absolute atomic E-state index is 0.00702. The molecule has 4 amide bonds. The van der Waals surface area contributed by atoms with Crippen molar-refractivity contribution < 1.29 is 34.1 Å². The Labute approximate surface area is 449 Å². The van der Waals surface area contributed by atoms with Crippen molar-refractivity contribution in [3.63, 3.8) is 0 Å². The number of anilines is 3. The summed E-state index contributed by atoms with van der Waals surface area (Å²) in [6, 6.07) is 24.1. The van der Waals surface area contributed by atoms with Crippen molar-refractivity contribution >= 4 is 52.2 Å². The zero-order chi connectivity index (χ0) is 53.5. The molecule has 18 nitrogen and oxygen atoms in total. The average molecular weight is 1060 g/mol. The fourth-order valence-electron chi connectivity index (χ4n) is 11.1. The number of fused-ring (bicyclic) bond motifs is 2. The predicted octanol–water partition coefficient (Wildman–Crippen LogP) is 6.00. The van der Waals surface area contributed by atoms with Gasteiger partial charge in [-0.15, -0.1) is 21.5 Å². The lowest BCUT2D eigenvalue weighted by molar-refractivity contribution is -0.144. The summed E-state index contributed by atoms with van der Waals surface area (Å²) in [5.41, 5.74) is 13.7. The first-order valence-electron chi connectivity index (χ1n) is 26.8. The number of carbonyl (C=O) groups is 4. The van der Waals surface area contributed by atoms with Crippen LogP contribution in [0.15, 0.2) is 84.4 Å². The zero-order valence-electron chi connectivity index (χ0n) is 44.2. The molecule has 3 unspecified atom stereocenters. The quantitative estimate of drug-likeness (QED) is 0.0599. The number of nitrogens with one attached hydrogen (secondary N) is 2. The fourth-order valence-corrected chi connectivity index (χ4v) is 12.0. The molecule has 0 spiro atoms. The van der Waals surface area contributed by atoms with Crippen molar-refractivity contribution in [2.45, 2.75) is 116 Å². The van der Waals surface area contributed by atoms with Crippen LogP contribution >= 0.6 is 11.3 Å². The third-order valence-corrected chi connectivity index (χ3v) is 16.3. The number of phenols is 1. The number of hydrogen-bond acceptors (Lipinski definition) is 15. The van der Waals surface area contributed by atoms with Crippen LogP contribution in [0.25, 0.3) is 21.7 Å². The number of nitrogens with zero attached hydrogens (tertiary/aromatic N) is 8. The maximum absolute atomic E-state index is 14.1. The number of hydrogen-bond donors (Lipinski definition) is 5. The molecular weight excluding hydrogens is 983 g/mol. The van der Waals surface area contributed by atoms with Crippen molar-refractivity contribution in [3.8, 4) is 33.2 Å². The number of aromatic hydroxyl groups is 1. The number of benzene rings is 3. The van der Waals surface area contributed by atoms with E-state index in [-0.39, 0.29) is 49.4 Å². The fraction of sp³-hybridized carbons (Fsp3) is 0.491. The van der Waals surface area contributed by atoms with E-state index in [9.17, 15) is 29.4 Å². The van der Waals surface area contributed by atoms with Crippen LogP contribution < -0.4 is 30.9 Å². The third kappa shape index (κ3) is 12.9. The lowest BCUT2D eigenvalue weighted by Gasteiger charge is -2.43. The summed E-state index contributed by atoms with van der Waals surface area (Å²) in [4.78, 5) is 70.0. The summed E-state index contributed by atoms with van der Waals surface area (Å²) in [6.45, 7) is 13.6. The van der Waals surface area contributed by atoms with E-state index in [4.69, 9.17) is 10.5 Å². The number of phenolic OH excluding ortho intramolecular Hbond substituents is 1. The van der Waals surface area contributed by atoms with E-state index in [1.165, 1.54) is 4.90 Å². The van der Waals surface area contributed by atoms with Gasteiger partial charge in [-0.05, 0) is 79.5 Å². The summed E-state index contributed by atoms with van der Waals surface area (Å²) < 4.78 is 6.31. The Morgan fingerprint density at radius 2 is 1.62 bits per heavy atom. The van der Waals surface area contributed by atoms with Crippen LogP contribution in [0, 0.1) is 12.3 Å². The number of aliphatic hydroxyl groups is 1. The van der Waals surface area contributed by atoms with E-state index in [0.717, 1.165) is 84.4 Å². The van der Waals surface area contributed by atoms with Crippen LogP contribution in [0.2, 0.25) is 0 Å². The van der Waals surface area contributed by atoms with Crippen LogP contribution in [-0.4, -0.2) is 153 Å². The van der Waals surface area contributed by atoms with Gasteiger partial charge in [0.15, 0.2) is 5.82 Å². The molecule has 2 bridgehead atoms. The van der Waals surface area contributed by atoms with Gasteiger partial charge in [0.2, 0.25) is 23.6 Å². The number of ether oxygens (including phenoxy) is 1. The molecule has 6 heterocycles. The maximum atomic E-state index is 14.1. The van der Waals surface area contributed by atoms with E-state index in [2.05, 4.69) is 58.7 Å². The highest BCUT2D eigenvalue weighted by Gasteiger charge is 2.45. The van der Waals surface area contributed by atoms with Crippen LogP contribution in [0.5, 0.6) is 11.5 Å². The molecule has 0 radical (unpaired) electrons. The van der Waals surface area contributed by atoms with Crippen LogP contribution in [-0.2, 0) is 25.7 Å². The maximum Gasteiger partial charge on any atom is 0.246 e. The second-order valence-corrected chi connectivity index (χ2v) is 22.6. The summed E-state index contributed by atoms with van der Waals surface area (Å²) >= 11 is 1.58. The number of β-amino-alcohol motifs (C(OH)–C–C–N with tert-alkyl or cyclic N) is 1. The molecule has 4 saturated heterocycles. The van der Waals surface area contributed by atoms with Crippen molar-refractivity contribution in [2.75, 3.05) is 74.5 Å². The van der Waals surface area contributed by atoms with Gasteiger partial charge in [0, 0.05) is 108 Å². The summed E-state index contributed by atoms with van der Waals surface area (Å²) in [5, 5.41) is 35.5. The Morgan fingerprint density at radius 3 is 2.33 bits per heavy atom. The first-order chi connectivity index (χ1) is 36.6. The third-order valence-electron chi connectivity index (χ3n) is 15.3. The van der Waals surface area contributed by atoms with Gasteiger partial charge in [-0.2, -0.15) is 0 Å².